The standard InChI is InChI=1S/C12H28N4O3/c1-3-4-7-10(17)16-9(11(18)19)6-5-8-15-12(2,13)14/h9-10,15-17H,3-8,13-14H2,1-2H3,(H,18,19). The van der Waals surface area contributed by atoms with Crippen molar-refractivity contribution in [3.63, 3.8) is 0 Å². The molecule has 0 spiro atoms. The van der Waals surface area contributed by atoms with Crippen molar-refractivity contribution in [2.75, 3.05) is 6.54 Å². The first-order chi connectivity index (χ1) is 8.76. The van der Waals surface area contributed by atoms with Crippen LogP contribution in [0.5, 0.6) is 0 Å². The molecule has 0 heterocycles. The van der Waals surface area contributed by atoms with E-state index in [0.29, 0.717) is 25.8 Å². The number of aliphatic hydroxyl groups is 1. The molecule has 0 fully saturated rings. The van der Waals surface area contributed by atoms with Gasteiger partial charge in [0.1, 0.15) is 18.1 Å². The van der Waals surface area contributed by atoms with Crippen molar-refractivity contribution in [1.29, 1.82) is 0 Å². The second-order valence-electron chi connectivity index (χ2n) is 5.07. The topological polar surface area (TPSA) is 134 Å². The molecule has 0 rings (SSSR count). The maximum absolute atomic E-state index is 11.1. The number of unbranched alkanes of at least 4 members (excludes halogenated alkanes) is 1. The summed E-state index contributed by atoms with van der Waals surface area (Å²) < 4.78 is 0. The number of nitrogens with one attached hydrogen (secondary N) is 2. The van der Waals surface area contributed by atoms with E-state index < -0.39 is 24.0 Å². The molecular weight excluding hydrogens is 248 g/mol. The van der Waals surface area contributed by atoms with Gasteiger partial charge in [0.2, 0.25) is 0 Å². The molecule has 0 amide bonds. The van der Waals surface area contributed by atoms with Gasteiger partial charge < -0.3 is 21.7 Å². The number of aliphatic carboxylic acids is 1. The number of hydrogen-bond donors (Lipinski definition) is 6. The first kappa shape index (κ1) is 18.3. The average molecular weight is 276 g/mol. The summed E-state index contributed by atoms with van der Waals surface area (Å²) in [4.78, 5) is 11.1. The van der Waals surface area contributed by atoms with Crippen LogP contribution in [-0.2, 0) is 4.79 Å². The van der Waals surface area contributed by atoms with Crippen molar-refractivity contribution < 1.29 is 15.0 Å². The molecule has 0 saturated carbocycles. The summed E-state index contributed by atoms with van der Waals surface area (Å²) in [7, 11) is 0. The fraction of sp³-hybridized carbons (Fsp3) is 0.917. The van der Waals surface area contributed by atoms with Gasteiger partial charge >= 0.3 is 5.97 Å². The summed E-state index contributed by atoms with van der Waals surface area (Å²) in [6, 6.07) is -0.754. The van der Waals surface area contributed by atoms with E-state index in [1.165, 1.54) is 0 Å². The van der Waals surface area contributed by atoms with Crippen molar-refractivity contribution >= 4 is 5.97 Å². The van der Waals surface area contributed by atoms with Gasteiger partial charge in [-0.05, 0) is 39.2 Å². The summed E-state index contributed by atoms with van der Waals surface area (Å²) in [5.74, 6) is -1.91. The lowest BCUT2D eigenvalue weighted by Crippen LogP contribution is -2.58. The molecular formula is C12H28N4O3. The van der Waals surface area contributed by atoms with Gasteiger partial charge in [0.25, 0.3) is 0 Å². The Labute approximate surface area is 114 Å². The molecule has 0 radical (unpaired) electrons. The van der Waals surface area contributed by atoms with Gasteiger partial charge in [0.05, 0.1) is 0 Å². The zero-order chi connectivity index (χ0) is 14.9. The third-order valence-corrected chi connectivity index (χ3v) is 2.70. The fourth-order valence-corrected chi connectivity index (χ4v) is 1.66. The number of nitrogens with two attached hydrogens (primary N) is 2. The normalized spacial score (nSPS) is 15.2. The van der Waals surface area contributed by atoms with E-state index in [9.17, 15) is 9.90 Å². The van der Waals surface area contributed by atoms with Gasteiger partial charge in [-0.1, -0.05) is 13.3 Å². The summed E-state index contributed by atoms with van der Waals surface area (Å²) in [5, 5.41) is 24.3. The minimum Gasteiger partial charge on any atom is -0.480 e. The summed E-state index contributed by atoms with van der Waals surface area (Å²) >= 11 is 0. The maximum atomic E-state index is 11.1. The molecule has 0 bridgehead atoms. The molecule has 0 aliphatic heterocycles. The van der Waals surface area contributed by atoms with E-state index in [1.54, 1.807) is 6.92 Å². The van der Waals surface area contributed by atoms with E-state index in [2.05, 4.69) is 10.6 Å². The van der Waals surface area contributed by atoms with Crippen molar-refractivity contribution in [2.45, 2.75) is 64.0 Å². The smallest absolute Gasteiger partial charge is 0.320 e. The minimum atomic E-state index is -0.959. The number of rotatable bonds is 11. The largest absolute Gasteiger partial charge is 0.480 e. The van der Waals surface area contributed by atoms with E-state index in [0.717, 1.165) is 12.8 Å². The maximum Gasteiger partial charge on any atom is 0.320 e. The molecule has 2 atom stereocenters. The lowest BCUT2D eigenvalue weighted by molar-refractivity contribution is -0.140. The fourth-order valence-electron chi connectivity index (χ4n) is 1.66. The number of aliphatic hydroxyl groups excluding tert-OH is 1. The van der Waals surface area contributed by atoms with Crippen LogP contribution in [0.4, 0.5) is 0 Å². The van der Waals surface area contributed by atoms with Crippen LogP contribution in [0.2, 0.25) is 0 Å². The van der Waals surface area contributed by atoms with Crippen LogP contribution in [0, 0.1) is 0 Å². The molecule has 0 saturated heterocycles. The molecule has 0 aliphatic carbocycles. The highest BCUT2D eigenvalue weighted by molar-refractivity contribution is 5.73. The van der Waals surface area contributed by atoms with Crippen LogP contribution in [-0.4, -0.2) is 40.8 Å². The zero-order valence-electron chi connectivity index (χ0n) is 11.9. The predicted octanol–water partition coefficient (Wildman–Crippen LogP) is -0.501. The molecule has 0 aromatic carbocycles. The molecule has 7 heteroatoms. The van der Waals surface area contributed by atoms with E-state index in [-0.39, 0.29) is 0 Å². The predicted molar refractivity (Wildman–Crippen MR) is 74.1 cm³/mol. The zero-order valence-corrected chi connectivity index (χ0v) is 11.9. The Morgan fingerprint density at radius 3 is 2.42 bits per heavy atom. The van der Waals surface area contributed by atoms with Crippen molar-refractivity contribution in [2.24, 2.45) is 11.5 Å². The van der Waals surface area contributed by atoms with Crippen LogP contribution in [0.15, 0.2) is 0 Å². The van der Waals surface area contributed by atoms with Gasteiger partial charge in [-0.25, -0.2) is 0 Å². The highest BCUT2D eigenvalue weighted by Crippen LogP contribution is 2.03. The second-order valence-corrected chi connectivity index (χ2v) is 5.07. The van der Waals surface area contributed by atoms with Gasteiger partial charge in [-0.2, -0.15) is 0 Å². The third kappa shape index (κ3) is 10.8. The van der Waals surface area contributed by atoms with Gasteiger partial charge in [0, 0.05) is 0 Å². The number of carbonyl (C=O) groups is 1. The number of carboxylic acid groups (broad SMARTS) is 1. The summed E-state index contributed by atoms with van der Waals surface area (Å²) in [5.41, 5.74) is 11.1. The Morgan fingerprint density at radius 2 is 1.95 bits per heavy atom. The van der Waals surface area contributed by atoms with Gasteiger partial charge in [0.15, 0.2) is 0 Å². The second kappa shape index (κ2) is 9.22. The Morgan fingerprint density at radius 1 is 1.32 bits per heavy atom. The van der Waals surface area contributed by atoms with Crippen molar-refractivity contribution in [3.05, 3.63) is 0 Å². The molecule has 0 aromatic rings. The number of hydrogen-bond acceptors (Lipinski definition) is 6. The highest BCUT2D eigenvalue weighted by Gasteiger charge is 2.20. The summed E-state index contributed by atoms with van der Waals surface area (Å²) in [6.07, 6.45) is 2.62. The highest BCUT2D eigenvalue weighted by atomic mass is 16.4. The van der Waals surface area contributed by atoms with Crippen LogP contribution in [0.25, 0.3) is 0 Å². The SMILES string of the molecule is CCCCC(O)NC(CCCNC(C)(N)N)C(=O)O. The molecule has 19 heavy (non-hydrogen) atoms. The minimum absolute atomic E-state index is 0.404. The van der Waals surface area contributed by atoms with E-state index >= 15 is 0 Å². The van der Waals surface area contributed by atoms with E-state index in [1.807, 2.05) is 6.92 Å². The molecule has 0 aliphatic rings. The molecule has 0 aromatic heterocycles. The Balaban J connectivity index is 3.96. The quantitative estimate of drug-likeness (QED) is 0.221. The Hall–Kier alpha value is -0.730. The van der Waals surface area contributed by atoms with Crippen LogP contribution in [0.3, 0.4) is 0 Å². The van der Waals surface area contributed by atoms with Crippen LogP contribution in [0.1, 0.15) is 46.0 Å². The third-order valence-electron chi connectivity index (χ3n) is 2.70. The average Bonchev–Trinajstić information content (AvgIpc) is 2.28. The number of carboxylic acids is 1. The Bertz CT molecular complexity index is 256. The molecule has 2 unspecified atom stereocenters. The lowest BCUT2D eigenvalue weighted by atomic mass is 10.1. The van der Waals surface area contributed by atoms with Crippen molar-refractivity contribution in [3.8, 4) is 0 Å². The molecule has 7 nitrogen and oxygen atoms in total. The van der Waals surface area contributed by atoms with Crippen molar-refractivity contribution in [1.82, 2.24) is 10.6 Å². The van der Waals surface area contributed by atoms with Crippen LogP contribution < -0.4 is 22.1 Å². The first-order valence-corrected chi connectivity index (χ1v) is 6.76. The first-order valence-electron chi connectivity index (χ1n) is 6.76. The van der Waals surface area contributed by atoms with Gasteiger partial charge in [-0.15, -0.1) is 0 Å². The Kier molecular flexibility index (Phi) is 8.86. The van der Waals surface area contributed by atoms with E-state index in [4.69, 9.17) is 16.6 Å². The van der Waals surface area contributed by atoms with Gasteiger partial charge in [-0.3, -0.25) is 15.4 Å². The van der Waals surface area contributed by atoms with Crippen LogP contribution >= 0.6 is 0 Å². The monoisotopic (exact) mass is 276 g/mol. The molecule has 8 N–H and O–H groups in total. The molecule has 114 valence electrons. The summed E-state index contributed by atoms with van der Waals surface area (Å²) in [6.45, 7) is 4.18. The lowest BCUT2D eigenvalue weighted by Gasteiger charge is -2.22.